The van der Waals surface area contributed by atoms with Crippen LogP contribution in [-0.4, -0.2) is 44.2 Å². The van der Waals surface area contributed by atoms with E-state index in [1.54, 1.807) is 7.11 Å². The summed E-state index contributed by atoms with van der Waals surface area (Å²) in [7, 11) is 5.43. The van der Waals surface area contributed by atoms with Gasteiger partial charge < -0.3 is 20.7 Å². The molecule has 7 heteroatoms. The van der Waals surface area contributed by atoms with Gasteiger partial charge in [-0.3, -0.25) is 4.79 Å². The van der Waals surface area contributed by atoms with Gasteiger partial charge in [-0.15, -0.1) is 0 Å². The molecule has 1 aliphatic carbocycles. The Morgan fingerprint density at radius 3 is 2.84 bits per heavy atom. The molecule has 0 saturated heterocycles. The average Bonchev–Trinajstić information content (AvgIpc) is 2.95. The molecule has 0 aliphatic heterocycles. The molecule has 1 heterocycles. The number of amides is 1. The number of anilines is 2. The van der Waals surface area contributed by atoms with Gasteiger partial charge in [0.05, 0.1) is 12.1 Å². The maximum Gasteiger partial charge on any atom is 0.265 e. The maximum atomic E-state index is 12.2. The Hall–Kier alpha value is -1.34. The number of rotatable bonds is 4. The van der Waals surface area contributed by atoms with Gasteiger partial charge >= 0.3 is 0 Å². The molecule has 106 valence electrons. The lowest BCUT2D eigenvalue weighted by Crippen LogP contribution is -2.40. The maximum absolute atomic E-state index is 12.2. The molecule has 0 bridgehead atoms. The minimum absolute atomic E-state index is 0.0711. The molecule has 2 atom stereocenters. The Balaban J connectivity index is 2.07. The van der Waals surface area contributed by atoms with Crippen molar-refractivity contribution in [2.75, 3.05) is 31.8 Å². The first-order valence-electron chi connectivity index (χ1n) is 6.30. The second-order valence-electron chi connectivity index (χ2n) is 4.89. The molecule has 1 fully saturated rings. The third-order valence-corrected chi connectivity index (χ3v) is 4.54. The summed E-state index contributed by atoms with van der Waals surface area (Å²) in [5, 5.41) is 3.73. The molecule has 0 aromatic carbocycles. The smallest absolute Gasteiger partial charge is 0.265 e. The molecule has 1 saturated carbocycles. The SMILES string of the molecule is COC1CCCC1NC(=O)c1sc(N(C)C)nc1N. The van der Waals surface area contributed by atoms with Crippen LogP contribution < -0.4 is 16.0 Å². The molecule has 6 nitrogen and oxygen atoms in total. The van der Waals surface area contributed by atoms with Gasteiger partial charge in [0.1, 0.15) is 10.7 Å². The highest BCUT2D eigenvalue weighted by Crippen LogP contribution is 2.28. The van der Waals surface area contributed by atoms with Crippen molar-refractivity contribution in [3.63, 3.8) is 0 Å². The van der Waals surface area contributed by atoms with Crippen molar-refractivity contribution in [3.05, 3.63) is 4.88 Å². The van der Waals surface area contributed by atoms with Gasteiger partial charge in [-0.05, 0) is 19.3 Å². The quantitative estimate of drug-likeness (QED) is 0.865. The van der Waals surface area contributed by atoms with Crippen molar-refractivity contribution in [1.29, 1.82) is 0 Å². The number of nitrogen functional groups attached to an aromatic ring is 1. The van der Waals surface area contributed by atoms with Gasteiger partial charge in [0.2, 0.25) is 0 Å². The van der Waals surface area contributed by atoms with Crippen molar-refractivity contribution in [1.82, 2.24) is 10.3 Å². The Labute approximate surface area is 116 Å². The summed E-state index contributed by atoms with van der Waals surface area (Å²) in [4.78, 5) is 18.7. The van der Waals surface area contributed by atoms with E-state index in [1.807, 2.05) is 19.0 Å². The summed E-state index contributed by atoms with van der Waals surface area (Å²) < 4.78 is 5.37. The fraction of sp³-hybridized carbons (Fsp3) is 0.667. The van der Waals surface area contributed by atoms with E-state index in [1.165, 1.54) is 11.3 Å². The predicted molar refractivity (Wildman–Crippen MR) is 76.8 cm³/mol. The first kappa shape index (κ1) is 14.1. The van der Waals surface area contributed by atoms with E-state index in [-0.39, 0.29) is 23.9 Å². The second kappa shape index (κ2) is 5.75. The summed E-state index contributed by atoms with van der Waals surface area (Å²) >= 11 is 1.30. The third-order valence-electron chi connectivity index (χ3n) is 3.30. The third kappa shape index (κ3) is 2.98. The minimum atomic E-state index is -0.156. The number of nitrogens with two attached hydrogens (primary N) is 1. The molecule has 0 spiro atoms. The predicted octanol–water partition coefficient (Wildman–Crippen LogP) is 1.09. The molecule has 2 unspecified atom stereocenters. The van der Waals surface area contributed by atoms with Crippen molar-refractivity contribution < 1.29 is 9.53 Å². The minimum Gasteiger partial charge on any atom is -0.382 e. The highest BCUT2D eigenvalue weighted by atomic mass is 32.1. The van der Waals surface area contributed by atoms with Gasteiger partial charge in [0.25, 0.3) is 5.91 Å². The van der Waals surface area contributed by atoms with Crippen LogP contribution in [0.3, 0.4) is 0 Å². The zero-order valence-corrected chi connectivity index (χ0v) is 12.3. The van der Waals surface area contributed by atoms with Crippen LogP contribution in [0.25, 0.3) is 0 Å². The van der Waals surface area contributed by atoms with E-state index in [2.05, 4.69) is 10.3 Å². The molecular formula is C12H20N4O2S. The molecule has 1 aromatic heterocycles. The Kier molecular flexibility index (Phi) is 4.26. The van der Waals surface area contributed by atoms with Crippen molar-refractivity contribution >= 4 is 28.2 Å². The average molecular weight is 284 g/mol. The molecular weight excluding hydrogens is 264 g/mol. The Morgan fingerprint density at radius 2 is 2.26 bits per heavy atom. The second-order valence-corrected chi connectivity index (χ2v) is 5.87. The fourth-order valence-corrected chi connectivity index (χ4v) is 3.09. The number of nitrogens with one attached hydrogen (secondary N) is 1. The summed E-state index contributed by atoms with van der Waals surface area (Å²) in [6.45, 7) is 0. The summed E-state index contributed by atoms with van der Waals surface area (Å²) in [6.07, 6.45) is 3.11. The van der Waals surface area contributed by atoms with Crippen LogP contribution in [0.5, 0.6) is 0 Å². The summed E-state index contributed by atoms with van der Waals surface area (Å²) in [6, 6.07) is 0.0711. The summed E-state index contributed by atoms with van der Waals surface area (Å²) in [5.41, 5.74) is 5.80. The number of ether oxygens (including phenoxy) is 1. The number of hydrogen-bond donors (Lipinski definition) is 2. The molecule has 1 amide bonds. The molecule has 1 aliphatic rings. The van der Waals surface area contributed by atoms with Gasteiger partial charge in [0.15, 0.2) is 5.13 Å². The topological polar surface area (TPSA) is 80.5 Å². The number of hydrogen-bond acceptors (Lipinski definition) is 6. The number of carbonyl (C=O) groups is 1. The summed E-state index contributed by atoms with van der Waals surface area (Å²) in [5.74, 6) is 0.134. The number of aromatic nitrogens is 1. The normalized spacial score (nSPS) is 22.5. The van der Waals surface area contributed by atoms with E-state index in [0.29, 0.717) is 4.88 Å². The Bertz CT molecular complexity index is 461. The highest BCUT2D eigenvalue weighted by Gasteiger charge is 2.29. The van der Waals surface area contributed by atoms with Crippen LogP contribution in [0.1, 0.15) is 28.9 Å². The van der Waals surface area contributed by atoms with Crippen LogP contribution in [0.15, 0.2) is 0 Å². The zero-order chi connectivity index (χ0) is 14.0. The van der Waals surface area contributed by atoms with Crippen LogP contribution in [-0.2, 0) is 4.74 Å². The highest BCUT2D eigenvalue weighted by molar-refractivity contribution is 7.18. The van der Waals surface area contributed by atoms with Crippen LogP contribution in [0, 0.1) is 0 Å². The number of thiazole rings is 1. The van der Waals surface area contributed by atoms with Crippen LogP contribution in [0.4, 0.5) is 10.9 Å². The number of methoxy groups -OCH3 is 1. The molecule has 1 aromatic rings. The van der Waals surface area contributed by atoms with Crippen molar-refractivity contribution in [2.24, 2.45) is 0 Å². The van der Waals surface area contributed by atoms with Gasteiger partial charge in [-0.1, -0.05) is 11.3 Å². The molecule has 0 radical (unpaired) electrons. The lowest BCUT2D eigenvalue weighted by atomic mass is 10.2. The van der Waals surface area contributed by atoms with Crippen molar-refractivity contribution in [3.8, 4) is 0 Å². The largest absolute Gasteiger partial charge is 0.382 e. The van der Waals surface area contributed by atoms with Gasteiger partial charge in [-0.2, -0.15) is 0 Å². The standard InChI is InChI=1S/C12H20N4O2S/c1-16(2)12-15-10(13)9(19-12)11(17)14-7-5-4-6-8(7)18-3/h7-8H,4-6,13H2,1-3H3,(H,14,17). The first-order valence-corrected chi connectivity index (χ1v) is 7.12. The Morgan fingerprint density at radius 1 is 1.53 bits per heavy atom. The zero-order valence-electron chi connectivity index (χ0n) is 11.5. The number of carbonyl (C=O) groups excluding carboxylic acids is 1. The van der Waals surface area contributed by atoms with E-state index < -0.39 is 0 Å². The van der Waals surface area contributed by atoms with E-state index in [9.17, 15) is 4.79 Å². The molecule has 2 rings (SSSR count). The molecule has 19 heavy (non-hydrogen) atoms. The van der Waals surface area contributed by atoms with Crippen LogP contribution in [0.2, 0.25) is 0 Å². The lowest BCUT2D eigenvalue weighted by molar-refractivity contribution is 0.0725. The lowest BCUT2D eigenvalue weighted by Gasteiger charge is -2.19. The monoisotopic (exact) mass is 284 g/mol. The fourth-order valence-electron chi connectivity index (χ4n) is 2.28. The molecule has 3 N–H and O–H groups in total. The van der Waals surface area contributed by atoms with E-state index in [0.717, 1.165) is 24.4 Å². The van der Waals surface area contributed by atoms with Gasteiger partial charge in [0, 0.05) is 21.2 Å². The van der Waals surface area contributed by atoms with Gasteiger partial charge in [-0.25, -0.2) is 4.98 Å². The van der Waals surface area contributed by atoms with Crippen molar-refractivity contribution in [2.45, 2.75) is 31.4 Å². The van der Waals surface area contributed by atoms with E-state index >= 15 is 0 Å². The first-order chi connectivity index (χ1) is 9.02. The van der Waals surface area contributed by atoms with E-state index in [4.69, 9.17) is 10.5 Å². The number of nitrogens with zero attached hydrogens (tertiary/aromatic N) is 2. The van der Waals surface area contributed by atoms with Crippen LogP contribution >= 0.6 is 11.3 Å².